The van der Waals surface area contributed by atoms with Crippen LogP contribution < -0.4 is 14.8 Å². The molecule has 7 nitrogen and oxygen atoms in total. The first-order valence-corrected chi connectivity index (χ1v) is 10.6. The van der Waals surface area contributed by atoms with Crippen LogP contribution in [0.5, 0.6) is 11.5 Å². The van der Waals surface area contributed by atoms with Crippen molar-refractivity contribution >= 4 is 27.5 Å². The van der Waals surface area contributed by atoms with Gasteiger partial charge in [-0.25, -0.2) is 4.98 Å². The first-order valence-electron chi connectivity index (χ1n) is 9.78. The largest absolute Gasteiger partial charge is 0.493 e. The van der Waals surface area contributed by atoms with Gasteiger partial charge in [0.25, 0.3) is 5.91 Å². The summed E-state index contributed by atoms with van der Waals surface area (Å²) in [6.07, 6.45) is 0.869. The number of para-hydroxylation sites is 1. The molecule has 30 heavy (non-hydrogen) atoms. The Kier molecular flexibility index (Phi) is 7.10. The number of methoxy groups -OCH3 is 1. The molecule has 158 valence electrons. The Hall–Kier alpha value is -2.87. The molecule has 0 aliphatic heterocycles. The molecule has 0 radical (unpaired) electrons. The minimum atomic E-state index is -0.275. The maximum atomic E-state index is 13.0. The van der Waals surface area contributed by atoms with Crippen LogP contribution >= 0.6 is 15.9 Å². The molecule has 1 aromatic heterocycles. The summed E-state index contributed by atoms with van der Waals surface area (Å²) in [5.74, 6) is 2.36. The smallest absolute Gasteiger partial charge is 0.255 e. The zero-order valence-corrected chi connectivity index (χ0v) is 19.0. The van der Waals surface area contributed by atoms with Gasteiger partial charge < -0.3 is 14.8 Å². The predicted molar refractivity (Wildman–Crippen MR) is 120 cm³/mol. The number of amides is 1. The minimum absolute atomic E-state index is 0.228. The van der Waals surface area contributed by atoms with Crippen LogP contribution in [-0.4, -0.2) is 34.8 Å². The Labute approximate surface area is 184 Å². The van der Waals surface area contributed by atoms with Crippen molar-refractivity contribution in [3.63, 3.8) is 0 Å². The highest BCUT2D eigenvalue weighted by atomic mass is 79.9. The highest BCUT2D eigenvalue weighted by Gasteiger charge is 2.18. The number of nitrogens with zero attached hydrogens (tertiary/aromatic N) is 2. The number of ether oxygens (including phenoxy) is 2. The minimum Gasteiger partial charge on any atom is -0.493 e. The first kappa shape index (κ1) is 21.8. The van der Waals surface area contributed by atoms with Crippen molar-refractivity contribution in [2.75, 3.05) is 19.0 Å². The Morgan fingerprint density at radius 2 is 2.03 bits per heavy atom. The van der Waals surface area contributed by atoms with Gasteiger partial charge in [0.15, 0.2) is 17.3 Å². The van der Waals surface area contributed by atoms with Crippen LogP contribution in [0.2, 0.25) is 0 Å². The van der Waals surface area contributed by atoms with E-state index in [1.165, 1.54) is 0 Å². The fourth-order valence-corrected chi connectivity index (χ4v) is 3.39. The molecule has 8 heteroatoms. The van der Waals surface area contributed by atoms with Gasteiger partial charge in [0.2, 0.25) is 0 Å². The summed E-state index contributed by atoms with van der Waals surface area (Å²) >= 11 is 3.48. The molecular formula is C22H25BrN4O3. The van der Waals surface area contributed by atoms with E-state index in [1.54, 1.807) is 19.2 Å². The molecule has 0 fully saturated rings. The average molecular weight is 473 g/mol. The maximum absolute atomic E-state index is 13.0. The fraction of sp³-hybridized carbons (Fsp3) is 0.318. The number of anilines is 1. The van der Waals surface area contributed by atoms with Gasteiger partial charge >= 0.3 is 0 Å². The van der Waals surface area contributed by atoms with Crippen molar-refractivity contribution in [2.24, 2.45) is 0 Å². The van der Waals surface area contributed by atoms with Crippen molar-refractivity contribution in [3.8, 4) is 22.9 Å². The summed E-state index contributed by atoms with van der Waals surface area (Å²) in [6.45, 7) is 6.66. The Morgan fingerprint density at radius 3 is 2.70 bits per heavy atom. The number of hydrogen-bond acceptors (Lipinski definition) is 5. The molecule has 0 aliphatic rings. The number of hydrogen-bond donors (Lipinski definition) is 2. The van der Waals surface area contributed by atoms with Gasteiger partial charge in [-0.15, -0.1) is 0 Å². The van der Waals surface area contributed by atoms with E-state index in [-0.39, 0.29) is 11.8 Å². The van der Waals surface area contributed by atoms with Crippen LogP contribution in [0, 0.1) is 0 Å². The molecule has 0 spiro atoms. The number of carbonyl (C=O) groups is 1. The molecule has 1 heterocycles. The van der Waals surface area contributed by atoms with E-state index < -0.39 is 0 Å². The monoisotopic (exact) mass is 472 g/mol. The molecule has 0 bridgehead atoms. The lowest BCUT2D eigenvalue weighted by Gasteiger charge is -2.14. The van der Waals surface area contributed by atoms with Crippen LogP contribution in [0.25, 0.3) is 11.4 Å². The lowest BCUT2D eigenvalue weighted by atomic mass is 10.1. The van der Waals surface area contributed by atoms with Crippen LogP contribution in [-0.2, 0) is 0 Å². The van der Waals surface area contributed by atoms with E-state index in [4.69, 9.17) is 9.47 Å². The van der Waals surface area contributed by atoms with Gasteiger partial charge in [-0.1, -0.05) is 32.9 Å². The van der Waals surface area contributed by atoms with Crippen LogP contribution in [0.1, 0.15) is 49.3 Å². The lowest BCUT2D eigenvalue weighted by Crippen LogP contribution is -2.13. The van der Waals surface area contributed by atoms with E-state index in [1.807, 2.05) is 45.0 Å². The molecule has 0 unspecified atom stereocenters. The van der Waals surface area contributed by atoms with Gasteiger partial charge in [-0.05, 0) is 46.6 Å². The number of aromatic nitrogens is 3. The number of halogens is 1. The highest BCUT2D eigenvalue weighted by Crippen LogP contribution is 2.37. The van der Waals surface area contributed by atoms with Crippen molar-refractivity contribution < 1.29 is 14.3 Å². The van der Waals surface area contributed by atoms with Gasteiger partial charge in [-0.2, -0.15) is 5.10 Å². The number of H-pyrrole nitrogens is 1. The SMILES string of the molecule is CCCOc1c(Br)cc(C(=O)Nc2ccccc2-c2n[nH]c(C(C)C)n2)cc1OC. The number of rotatable bonds is 8. The standard InChI is InChI=1S/C22H25BrN4O3/c1-5-10-30-19-16(23)11-14(12-18(19)29-4)22(28)24-17-9-7-6-8-15(17)21-25-20(13(2)3)26-27-21/h6-9,11-13H,5,10H2,1-4H3,(H,24,28)(H,25,26,27). The summed E-state index contributed by atoms with van der Waals surface area (Å²) in [7, 11) is 1.55. The molecule has 0 saturated heterocycles. The topological polar surface area (TPSA) is 89.1 Å². The predicted octanol–water partition coefficient (Wildman–Crippen LogP) is 5.41. The maximum Gasteiger partial charge on any atom is 0.255 e. The van der Waals surface area contributed by atoms with Gasteiger partial charge in [0.1, 0.15) is 5.82 Å². The highest BCUT2D eigenvalue weighted by molar-refractivity contribution is 9.10. The third kappa shape index (κ3) is 4.81. The molecule has 3 aromatic rings. The van der Waals surface area contributed by atoms with Crippen LogP contribution in [0.15, 0.2) is 40.9 Å². The third-order valence-corrected chi connectivity index (χ3v) is 5.00. The molecule has 0 aliphatic carbocycles. The van der Waals surface area contributed by atoms with Crippen molar-refractivity contribution in [2.45, 2.75) is 33.1 Å². The molecule has 1 amide bonds. The summed E-state index contributed by atoms with van der Waals surface area (Å²) in [4.78, 5) is 17.5. The Balaban J connectivity index is 1.89. The zero-order chi connectivity index (χ0) is 21.7. The fourth-order valence-electron chi connectivity index (χ4n) is 2.83. The molecule has 0 atom stereocenters. The molecular weight excluding hydrogens is 448 g/mol. The van der Waals surface area contributed by atoms with E-state index >= 15 is 0 Å². The second-order valence-corrected chi connectivity index (χ2v) is 7.89. The first-order chi connectivity index (χ1) is 14.4. The van der Waals surface area contributed by atoms with E-state index in [9.17, 15) is 4.79 Å². The van der Waals surface area contributed by atoms with Crippen LogP contribution in [0.3, 0.4) is 0 Å². The number of aromatic amines is 1. The number of carbonyl (C=O) groups excluding carboxylic acids is 1. The van der Waals surface area contributed by atoms with E-state index in [0.29, 0.717) is 39.7 Å². The van der Waals surface area contributed by atoms with Crippen molar-refractivity contribution in [3.05, 3.63) is 52.3 Å². The normalized spacial score (nSPS) is 10.9. The average Bonchev–Trinajstić information content (AvgIpc) is 3.23. The lowest BCUT2D eigenvalue weighted by molar-refractivity contribution is 0.102. The second kappa shape index (κ2) is 9.75. The molecule has 2 N–H and O–H groups in total. The molecule has 0 saturated carbocycles. The quantitative estimate of drug-likeness (QED) is 0.457. The van der Waals surface area contributed by atoms with Crippen molar-refractivity contribution in [1.82, 2.24) is 15.2 Å². The second-order valence-electron chi connectivity index (χ2n) is 7.04. The van der Waals surface area contributed by atoms with Crippen LogP contribution in [0.4, 0.5) is 5.69 Å². The van der Waals surface area contributed by atoms with Gasteiger partial charge in [-0.3, -0.25) is 9.89 Å². The summed E-state index contributed by atoms with van der Waals surface area (Å²) in [6, 6.07) is 10.8. The number of benzene rings is 2. The van der Waals surface area contributed by atoms with E-state index in [2.05, 4.69) is 36.4 Å². The van der Waals surface area contributed by atoms with E-state index in [0.717, 1.165) is 17.8 Å². The summed E-state index contributed by atoms with van der Waals surface area (Å²) < 4.78 is 11.8. The van der Waals surface area contributed by atoms with Gasteiger partial charge in [0.05, 0.1) is 23.9 Å². The zero-order valence-electron chi connectivity index (χ0n) is 17.5. The Bertz CT molecular complexity index is 1030. The van der Waals surface area contributed by atoms with Crippen molar-refractivity contribution in [1.29, 1.82) is 0 Å². The molecule has 3 rings (SSSR count). The Morgan fingerprint density at radius 1 is 1.27 bits per heavy atom. The third-order valence-electron chi connectivity index (χ3n) is 4.41. The molecule has 2 aromatic carbocycles. The summed E-state index contributed by atoms with van der Waals surface area (Å²) in [5.41, 5.74) is 1.80. The summed E-state index contributed by atoms with van der Waals surface area (Å²) in [5, 5.41) is 10.2. The number of nitrogens with one attached hydrogen (secondary N) is 2. The van der Waals surface area contributed by atoms with Gasteiger partial charge in [0, 0.05) is 17.0 Å².